The molecule has 0 rings (SSSR count). The summed E-state index contributed by atoms with van der Waals surface area (Å²) in [4.78, 5) is 0. The Labute approximate surface area is 111 Å². The number of halogens is 1. The summed E-state index contributed by atoms with van der Waals surface area (Å²) in [6, 6.07) is 0. The average molecular weight is 295 g/mol. The minimum atomic E-state index is 0. The third kappa shape index (κ3) is 9.58. The van der Waals surface area contributed by atoms with Crippen molar-refractivity contribution in [3.63, 3.8) is 0 Å². The van der Waals surface area contributed by atoms with E-state index in [0.717, 1.165) is 5.92 Å². The van der Waals surface area contributed by atoms with Crippen molar-refractivity contribution in [1.82, 2.24) is 0 Å². The smallest absolute Gasteiger partial charge is 1.00 e. The molecule has 0 aliphatic heterocycles. The molecule has 12 heavy (non-hydrogen) atoms. The van der Waals surface area contributed by atoms with E-state index in [1.165, 1.54) is 43.0 Å². The van der Waals surface area contributed by atoms with Crippen LogP contribution in [0, 0.1) is 5.92 Å². The number of alkyl halides is 1. The molecule has 0 aromatic carbocycles. The van der Waals surface area contributed by atoms with Crippen molar-refractivity contribution in [3.8, 4) is 0 Å². The van der Waals surface area contributed by atoms with Gasteiger partial charge in [-0.2, -0.15) is 0 Å². The Morgan fingerprint density at radius 2 is 1.83 bits per heavy atom. The zero-order valence-electron chi connectivity index (χ0n) is 10.6. The maximum Gasteiger partial charge on any atom is 2.00 e. The van der Waals surface area contributed by atoms with Gasteiger partial charge in [0.1, 0.15) is 0 Å². The second-order valence-corrected chi connectivity index (χ2v) is 4.16. The van der Waals surface area contributed by atoms with E-state index in [-0.39, 0.29) is 25.9 Å². The maximum absolute atomic E-state index is 2.51. The standard InChI is InChI=1S/C10H21I.Mg.2H/c1-3-5-6-7-8-10(4-2)9-11;;;/h10H,3-9H2,1-2H3;;;/q;+2;2*-1. The van der Waals surface area contributed by atoms with E-state index in [2.05, 4.69) is 36.4 Å². The molecule has 0 radical (unpaired) electrons. The van der Waals surface area contributed by atoms with Gasteiger partial charge in [0.15, 0.2) is 0 Å². The van der Waals surface area contributed by atoms with E-state index in [1.54, 1.807) is 0 Å². The van der Waals surface area contributed by atoms with Gasteiger partial charge < -0.3 is 2.85 Å². The Kier molecular flexibility index (Phi) is 16.6. The molecule has 0 nitrogen and oxygen atoms in total. The molecule has 0 heterocycles. The molecule has 0 aliphatic carbocycles. The molecule has 0 amide bonds. The van der Waals surface area contributed by atoms with Gasteiger partial charge in [0.05, 0.1) is 0 Å². The fourth-order valence-electron chi connectivity index (χ4n) is 1.25. The molecule has 0 aliphatic rings. The van der Waals surface area contributed by atoms with Crippen molar-refractivity contribution in [2.45, 2.75) is 52.4 Å². The van der Waals surface area contributed by atoms with E-state index in [1.807, 2.05) is 0 Å². The summed E-state index contributed by atoms with van der Waals surface area (Å²) >= 11 is 2.51. The Hall–Kier alpha value is 1.50. The van der Waals surface area contributed by atoms with E-state index in [9.17, 15) is 0 Å². The summed E-state index contributed by atoms with van der Waals surface area (Å²) in [7, 11) is 0. The molecule has 0 aromatic heterocycles. The Morgan fingerprint density at radius 3 is 2.25 bits per heavy atom. The van der Waals surface area contributed by atoms with Gasteiger partial charge in [-0.25, -0.2) is 0 Å². The van der Waals surface area contributed by atoms with Crippen molar-refractivity contribution in [2.75, 3.05) is 4.43 Å². The molecule has 1 atom stereocenters. The first kappa shape index (κ1) is 15.9. The molecular weight excluding hydrogens is 271 g/mol. The summed E-state index contributed by atoms with van der Waals surface area (Å²) in [5.41, 5.74) is 0. The van der Waals surface area contributed by atoms with Crippen LogP contribution in [0.1, 0.15) is 55.2 Å². The molecule has 2 heteroatoms. The first-order chi connectivity index (χ1) is 5.35. The summed E-state index contributed by atoms with van der Waals surface area (Å²) in [6.07, 6.45) is 8.52. The minimum Gasteiger partial charge on any atom is -1.00 e. The quantitative estimate of drug-likeness (QED) is 0.285. The van der Waals surface area contributed by atoms with Crippen molar-refractivity contribution in [3.05, 3.63) is 0 Å². The van der Waals surface area contributed by atoms with Gasteiger partial charge in [-0.3, -0.25) is 0 Å². The van der Waals surface area contributed by atoms with Gasteiger partial charge in [0.25, 0.3) is 0 Å². The van der Waals surface area contributed by atoms with E-state index in [4.69, 9.17) is 0 Å². The fraction of sp³-hybridized carbons (Fsp3) is 1.00. The molecule has 0 bridgehead atoms. The molecule has 72 valence electrons. The van der Waals surface area contributed by atoms with Crippen molar-refractivity contribution >= 4 is 45.6 Å². The van der Waals surface area contributed by atoms with Crippen LogP contribution in [0.15, 0.2) is 0 Å². The van der Waals surface area contributed by atoms with Crippen LogP contribution < -0.4 is 0 Å². The average Bonchev–Trinajstić information content (AvgIpc) is 2.05. The summed E-state index contributed by atoms with van der Waals surface area (Å²) in [5, 5.41) is 0. The van der Waals surface area contributed by atoms with E-state index >= 15 is 0 Å². The second-order valence-electron chi connectivity index (χ2n) is 3.28. The summed E-state index contributed by atoms with van der Waals surface area (Å²) < 4.78 is 1.35. The molecule has 0 aromatic rings. The van der Waals surface area contributed by atoms with Crippen LogP contribution in [0.3, 0.4) is 0 Å². The zero-order valence-corrected chi connectivity index (χ0v) is 12.2. The van der Waals surface area contributed by atoms with Crippen LogP contribution in [-0.4, -0.2) is 27.5 Å². The number of rotatable bonds is 7. The topological polar surface area (TPSA) is 0 Å². The third-order valence-electron chi connectivity index (χ3n) is 2.26. The molecule has 0 saturated heterocycles. The molecule has 0 saturated carbocycles. The van der Waals surface area contributed by atoms with Crippen molar-refractivity contribution in [2.24, 2.45) is 5.92 Å². The minimum absolute atomic E-state index is 0. The van der Waals surface area contributed by atoms with Gasteiger partial charge in [-0.15, -0.1) is 0 Å². The molecular formula is C10H23IMg. The fourth-order valence-corrected chi connectivity index (χ4v) is 2.31. The van der Waals surface area contributed by atoms with Crippen LogP contribution in [0.5, 0.6) is 0 Å². The first-order valence-corrected chi connectivity index (χ1v) is 6.43. The van der Waals surface area contributed by atoms with Gasteiger partial charge in [-0.05, 0) is 12.3 Å². The third-order valence-corrected chi connectivity index (χ3v) is 3.51. The van der Waals surface area contributed by atoms with Crippen molar-refractivity contribution < 1.29 is 2.85 Å². The normalized spacial score (nSPS) is 12.2. The van der Waals surface area contributed by atoms with Crippen LogP contribution >= 0.6 is 22.6 Å². The van der Waals surface area contributed by atoms with Gasteiger partial charge in [-0.1, -0.05) is 68.5 Å². The monoisotopic (exact) mass is 294 g/mol. The summed E-state index contributed by atoms with van der Waals surface area (Å²) in [6.45, 7) is 4.58. The van der Waals surface area contributed by atoms with Crippen LogP contribution in [-0.2, 0) is 0 Å². The Balaban J connectivity index is -0.000000167. The Bertz CT molecular complexity index is 80.5. The number of unbranched alkanes of at least 4 members (excludes halogenated alkanes) is 3. The Morgan fingerprint density at radius 1 is 1.17 bits per heavy atom. The van der Waals surface area contributed by atoms with Gasteiger partial charge in [0, 0.05) is 4.43 Å². The predicted octanol–water partition coefficient (Wildman–Crippen LogP) is 4.26. The molecule has 1 unspecified atom stereocenters. The SMILES string of the molecule is CCCCCCC(CC)CI.[H-].[H-].[Mg+2]. The second kappa shape index (κ2) is 12.5. The van der Waals surface area contributed by atoms with Crippen LogP contribution in [0.2, 0.25) is 0 Å². The maximum atomic E-state index is 2.51. The van der Waals surface area contributed by atoms with E-state index in [0.29, 0.717) is 0 Å². The van der Waals surface area contributed by atoms with Crippen LogP contribution in [0.25, 0.3) is 0 Å². The number of hydrogen-bond donors (Lipinski definition) is 0. The first-order valence-electron chi connectivity index (χ1n) is 4.91. The summed E-state index contributed by atoms with van der Waals surface area (Å²) in [5.74, 6) is 0.993. The molecule has 0 spiro atoms. The van der Waals surface area contributed by atoms with Crippen molar-refractivity contribution in [1.29, 1.82) is 0 Å². The largest absolute Gasteiger partial charge is 2.00 e. The van der Waals surface area contributed by atoms with Gasteiger partial charge >= 0.3 is 23.1 Å². The zero-order chi connectivity index (χ0) is 8.53. The molecule has 0 fully saturated rings. The molecule has 0 N–H and O–H groups in total. The van der Waals surface area contributed by atoms with Gasteiger partial charge in [0.2, 0.25) is 0 Å². The number of hydrogen-bond acceptors (Lipinski definition) is 0. The predicted molar refractivity (Wildman–Crippen MR) is 69.4 cm³/mol. The van der Waals surface area contributed by atoms with E-state index < -0.39 is 0 Å². The van der Waals surface area contributed by atoms with Crippen LogP contribution in [0.4, 0.5) is 0 Å².